The molecule has 3 rings (SSSR count). The first-order chi connectivity index (χ1) is 11.1. The number of fused-ring (bicyclic) bond motifs is 1. The molecule has 1 N–H and O–H groups in total. The molecule has 2 heterocycles. The molecule has 1 saturated heterocycles. The molecule has 2 aromatic rings. The number of likely N-dealkylation sites (N-methyl/N-ethyl adjacent to an activating group) is 1. The Kier molecular flexibility index (Phi) is 4.98. The summed E-state index contributed by atoms with van der Waals surface area (Å²) in [4.78, 5) is 14.4. The number of nitrogens with one attached hydrogen (secondary N) is 1. The van der Waals surface area contributed by atoms with Crippen molar-refractivity contribution in [2.75, 3.05) is 33.3 Å². The van der Waals surface area contributed by atoms with Gasteiger partial charge >= 0.3 is 0 Å². The van der Waals surface area contributed by atoms with Crippen molar-refractivity contribution >= 4 is 16.9 Å². The molecule has 0 radical (unpaired) electrons. The van der Waals surface area contributed by atoms with Gasteiger partial charge in [0.25, 0.3) is 0 Å². The third-order valence-electron chi connectivity index (χ3n) is 4.29. The molecule has 1 aromatic heterocycles. The summed E-state index contributed by atoms with van der Waals surface area (Å²) in [5.41, 5.74) is 2.93. The molecule has 1 fully saturated rings. The van der Waals surface area contributed by atoms with E-state index in [0.717, 1.165) is 48.2 Å². The maximum Gasteiger partial charge on any atom is 0.224 e. The molecular weight excluding hydrogens is 292 g/mol. The molecule has 5 heteroatoms. The molecular formula is C18H24N2O3. The van der Waals surface area contributed by atoms with Gasteiger partial charge in [0.1, 0.15) is 5.58 Å². The number of rotatable bonds is 5. The minimum absolute atomic E-state index is 0.0254. The highest BCUT2D eigenvalue weighted by atomic mass is 16.5. The second-order valence-electron chi connectivity index (χ2n) is 6.33. The van der Waals surface area contributed by atoms with Gasteiger partial charge in [-0.05, 0) is 32.0 Å². The summed E-state index contributed by atoms with van der Waals surface area (Å²) in [6, 6.07) is 6.05. The second kappa shape index (κ2) is 7.15. The lowest BCUT2D eigenvalue weighted by atomic mass is 10.1. The number of furan rings is 1. The summed E-state index contributed by atoms with van der Waals surface area (Å²) < 4.78 is 11.2. The second-order valence-corrected chi connectivity index (χ2v) is 6.33. The highest BCUT2D eigenvalue weighted by molar-refractivity contribution is 5.87. The van der Waals surface area contributed by atoms with Crippen molar-refractivity contribution in [2.24, 2.45) is 0 Å². The summed E-state index contributed by atoms with van der Waals surface area (Å²) in [5.74, 6) is 0.0254. The van der Waals surface area contributed by atoms with Crippen LogP contribution in [0.3, 0.4) is 0 Å². The zero-order valence-electron chi connectivity index (χ0n) is 13.8. The Balaban J connectivity index is 1.49. The van der Waals surface area contributed by atoms with Crippen LogP contribution < -0.4 is 5.32 Å². The number of ether oxygens (including phenoxy) is 1. The van der Waals surface area contributed by atoms with E-state index in [4.69, 9.17) is 9.15 Å². The summed E-state index contributed by atoms with van der Waals surface area (Å²) in [6.07, 6.45) is 3.10. The fraction of sp³-hybridized carbons (Fsp3) is 0.500. The van der Waals surface area contributed by atoms with Crippen LogP contribution in [0, 0.1) is 6.92 Å². The van der Waals surface area contributed by atoms with Crippen LogP contribution in [0.25, 0.3) is 11.0 Å². The molecule has 5 nitrogen and oxygen atoms in total. The highest BCUT2D eigenvalue weighted by Crippen LogP contribution is 2.22. The van der Waals surface area contributed by atoms with E-state index in [1.807, 2.05) is 25.1 Å². The van der Waals surface area contributed by atoms with Gasteiger partial charge in [0, 0.05) is 30.6 Å². The number of amides is 1. The van der Waals surface area contributed by atoms with Gasteiger partial charge in [-0.1, -0.05) is 12.1 Å². The Bertz CT molecular complexity index is 680. The molecule has 1 aromatic carbocycles. The first kappa shape index (κ1) is 16.0. The van der Waals surface area contributed by atoms with E-state index in [1.165, 1.54) is 0 Å². The molecule has 0 saturated carbocycles. The lowest BCUT2D eigenvalue weighted by molar-refractivity contribution is -0.120. The summed E-state index contributed by atoms with van der Waals surface area (Å²) in [7, 11) is 2.10. The smallest absolute Gasteiger partial charge is 0.224 e. The quantitative estimate of drug-likeness (QED) is 0.918. The predicted molar refractivity (Wildman–Crippen MR) is 89.5 cm³/mol. The van der Waals surface area contributed by atoms with Crippen molar-refractivity contribution in [3.8, 4) is 0 Å². The Hall–Kier alpha value is -1.85. The van der Waals surface area contributed by atoms with Gasteiger partial charge in [0.2, 0.25) is 5.91 Å². The van der Waals surface area contributed by atoms with Crippen LogP contribution in [0.2, 0.25) is 0 Å². The molecule has 1 amide bonds. The van der Waals surface area contributed by atoms with Gasteiger partial charge in [-0.25, -0.2) is 0 Å². The summed E-state index contributed by atoms with van der Waals surface area (Å²) in [6.45, 7) is 5.36. The van der Waals surface area contributed by atoms with Gasteiger partial charge < -0.3 is 19.4 Å². The van der Waals surface area contributed by atoms with Gasteiger partial charge in [0.05, 0.1) is 25.4 Å². The van der Waals surface area contributed by atoms with E-state index in [-0.39, 0.29) is 12.0 Å². The van der Waals surface area contributed by atoms with Crippen molar-refractivity contribution < 1.29 is 13.9 Å². The molecule has 0 bridgehead atoms. The number of hydrogen-bond acceptors (Lipinski definition) is 4. The number of morpholine rings is 1. The average molecular weight is 316 g/mol. The van der Waals surface area contributed by atoms with E-state index in [2.05, 4.69) is 17.3 Å². The third kappa shape index (κ3) is 4.12. The lowest BCUT2D eigenvalue weighted by Gasteiger charge is -2.30. The van der Waals surface area contributed by atoms with E-state index < -0.39 is 0 Å². The monoisotopic (exact) mass is 316 g/mol. The van der Waals surface area contributed by atoms with E-state index in [1.54, 1.807) is 6.26 Å². The van der Waals surface area contributed by atoms with E-state index in [0.29, 0.717) is 13.0 Å². The maximum atomic E-state index is 12.1. The standard InChI is InChI=1S/C18H24N2O3/c1-13-3-4-16-14(12-23-17(16)9-13)10-18(21)19-6-5-15-11-20(2)7-8-22-15/h3-4,9,12,15H,5-8,10-11H2,1-2H3,(H,19,21)/t15-/m0/s1. The minimum Gasteiger partial charge on any atom is -0.464 e. The van der Waals surface area contributed by atoms with E-state index in [9.17, 15) is 4.79 Å². The Labute approximate surface area is 136 Å². The van der Waals surface area contributed by atoms with Crippen LogP contribution in [0.4, 0.5) is 0 Å². The van der Waals surface area contributed by atoms with Crippen molar-refractivity contribution in [3.63, 3.8) is 0 Å². The van der Waals surface area contributed by atoms with Gasteiger partial charge in [-0.15, -0.1) is 0 Å². The fourth-order valence-electron chi connectivity index (χ4n) is 2.98. The Morgan fingerprint density at radius 2 is 2.30 bits per heavy atom. The highest BCUT2D eigenvalue weighted by Gasteiger charge is 2.17. The minimum atomic E-state index is 0.0254. The fourth-order valence-corrected chi connectivity index (χ4v) is 2.98. The Morgan fingerprint density at radius 3 is 3.13 bits per heavy atom. The molecule has 0 unspecified atom stereocenters. The number of carbonyl (C=O) groups excluding carboxylic acids is 1. The van der Waals surface area contributed by atoms with Crippen LogP contribution in [0.15, 0.2) is 28.9 Å². The van der Waals surface area contributed by atoms with Crippen LogP contribution in [0.5, 0.6) is 0 Å². The largest absolute Gasteiger partial charge is 0.464 e. The van der Waals surface area contributed by atoms with Crippen LogP contribution in [-0.4, -0.2) is 50.2 Å². The van der Waals surface area contributed by atoms with Gasteiger partial charge in [0.15, 0.2) is 0 Å². The number of benzene rings is 1. The molecule has 1 aliphatic rings. The van der Waals surface area contributed by atoms with Crippen molar-refractivity contribution in [1.29, 1.82) is 0 Å². The van der Waals surface area contributed by atoms with Crippen molar-refractivity contribution in [2.45, 2.75) is 25.9 Å². The third-order valence-corrected chi connectivity index (χ3v) is 4.29. The first-order valence-electron chi connectivity index (χ1n) is 8.15. The zero-order valence-corrected chi connectivity index (χ0v) is 13.8. The molecule has 0 aliphatic carbocycles. The number of hydrogen-bond donors (Lipinski definition) is 1. The van der Waals surface area contributed by atoms with Gasteiger partial charge in [-0.3, -0.25) is 4.79 Å². The van der Waals surface area contributed by atoms with E-state index >= 15 is 0 Å². The topological polar surface area (TPSA) is 54.7 Å². The maximum absolute atomic E-state index is 12.1. The van der Waals surface area contributed by atoms with Crippen molar-refractivity contribution in [1.82, 2.24) is 10.2 Å². The van der Waals surface area contributed by atoms with Crippen LogP contribution >= 0.6 is 0 Å². The average Bonchev–Trinajstić information content (AvgIpc) is 2.89. The number of carbonyl (C=O) groups is 1. The molecule has 0 spiro atoms. The zero-order chi connectivity index (χ0) is 16.2. The molecule has 1 aliphatic heterocycles. The van der Waals surface area contributed by atoms with Crippen molar-refractivity contribution in [3.05, 3.63) is 35.6 Å². The lowest BCUT2D eigenvalue weighted by Crippen LogP contribution is -2.41. The number of nitrogens with zero attached hydrogens (tertiary/aromatic N) is 1. The normalized spacial score (nSPS) is 19.1. The van der Waals surface area contributed by atoms with Crippen LogP contribution in [0.1, 0.15) is 17.5 Å². The SMILES string of the molecule is Cc1ccc2c(CC(=O)NCC[C@H]3CN(C)CCO3)coc2c1. The summed E-state index contributed by atoms with van der Waals surface area (Å²) in [5, 5.41) is 4.00. The predicted octanol–water partition coefficient (Wildman–Crippen LogP) is 2.12. The summed E-state index contributed by atoms with van der Waals surface area (Å²) >= 11 is 0. The molecule has 23 heavy (non-hydrogen) atoms. The van der Waals surface area contributed by atoms with Gasteiger partial charge in [-0.2, -0.15) is 0 Å². The van der Waals surface area contributed by atoms with Crippen LogP contribution in [-0.2, 0) is 16.0 Å². The number of aryl methyl sites for hydroxylation is 1. The molecule has 1 atom stereocenters. The Morgan fingerprint density at radius 1 is 1.43 bits per heavy atom. The molecule has 124 valence electrons. The first-order valence-corrected chi connectivity index (χ1v) is 8.15.